The molecular formula is C13H14N4O3. The minimum Gasteiger partial charge on any atom is -0.478 e. The highest BCUT2D eigenvalue weighted by molar-refractivity contribution is 5.95. The van der Waals surface area contributed by atoms with Gasteiger partial charge in [0.25, 0.3) is 5.91 Å². The number of nitrogens with one attached hydrogen (secondary N) is 1. The standard InChI is InChI=1S/C13H14N4O3/c1-8-14-11(16-15-8)7-17(2)12(18)9-3-5-10(6-4-9)13(19)20/h3-6H,7H2,1-2H3,(H,19,20)(H,14,15,16). The molecule has 0 aliphatic heterocycles. The molecule has 1 aromatic carbocycles. The van der Waals surface area contributed by atoms with Crippen LogP contribution in [0.1, 0.15) is 32.4 Å². The lowest BCUT2D eigenvalue weighted by atomic mass is 10.1. The summed E-state index contributed by atoms with van der Waals surface area (Å²) in [5.74, 6) is -0.0230. The highest BCUT2D eigenvalue weighted by Gasteiger charge is 2.14. The highest BCUT2D eigenvalue weighted by Crippen LogP contribution is 2.08. The third-order valence-corrected chi connectivity index (χ3v) is 2.75. The van der Waals surface area contributed by atoms with Gasteiger partial charge in [0.05, 0.1) is 12.1 Å². The molecule has 0 spiro atoms. The monoisotopic (exact) mass is 274 g/mol. The Morgan fingerprint density at radius 3 is 2.35 bits per heavy atom. The molecule has 0 saturated heterocycles. The van der Waals surface area contributed by atoms with Crippen molar-refractivity contribution in [3.8, 4) is 0 Å². The Hall–Kier alpha value is -2.70. The maximum absolute atomic E-state index is 12.1. The third-order valence-electron chi connectivity index (χ3n) is 2.75. The average molecular weight is 274 g/mol. The van der Waals surface area contributed by atoms with Crippen LogP contribution >= 0.6 is 0 Å². The SMILES string of the molecule is Cc1nc(CN(C)C(=O)c2ccc(C(=O)O)cc2)n[nH]1. The number of amides is 1. The van der Waals surface area contributed by atoms with Crippen LogP contribution in [0.3, 0.4) is 0 Å². The first-order valence-electron chi connectivity index (χ1n) is 5.94. The quantitative estimate of drug-likeness (QED) is 0.869. The van der Waals surface area contributed by atoms with Gasteiger partial charge in [0.1, 0.15) is 5.82 Å². The van der Waals surface area contributed by atoms with E-state index < -0.39 is 5.97 Å². The smallest absolute Gasteiger partial charge is 0.335 e. The normalized spacial score (nSPS) is 10.3. The molecule has 0 aliphatic rings. The van der Waals surface area contributed by atoms with E-state index in [1.807, 2.05) is 0 Å². The molecular weight excluding hydrogens is 260 g/mol. The number of carboxylic acids is 1. The molecule has 0 aliphatic carbocycles. The van der Waals surface area contributed by atoms with E-state index in [2.05, 4.69) is 15.2 Å². The molecule has 0 fully saturated rings. The number of rotatable bonds is 4. The highest BCUT2D eigenvalue weighted by atomic mass is 16.4. The second kappa shape index (κ2) is 5.52. The third kappa shape index (κ3) is 3.00. The van der Waals surface area contributed by atoms with Crippen molar-refractivity contribution in [2.45, 2.75) is 13.5 Å². The van der Waals surface area contributed by atoms with Crippen LogP contribution in [0, 0.1) is 6.92 Å². The number of carbonyl (C=O) groups is 2. The van der Waals surface area contributed by atoms with Crippen molar-refractivity contribution in [3.05, 3.63) is 47.0 Å². The Kier molecular flexibility index (Phi) is 3.79. The summed E-state index contributed by atoms with van der Waals surface area (Å²) in [5.41, 5.74) is 0.568. The van der Waals surface area contributed by atoms with Gasteiger partial charge >= 0.3 is 5.97 Å². The number of nitrogens with zero attached hydrogens (tertiary/aromatic N) is 3. The average Bonchev–Trinajstić information content (AvgIpc) is 2.83. The fourth-order valence-electron chi connectivity index (χ4n) is 1.72. The molecule has 7 heteroatoms. The number of carbonyl (C=O) groups excluding carboxylic acids is 1. The molecule has 7 nitrogen and oxygen atoms in total. The Bertz CT molecular complexity index is 633. The van der Waals surface area contributed by atoms with Crippen LogP contribution in [0.15, 0.2) is 24.3 Å². The van der Waals surface area contributed by atoms with E-state index in [0.29, 0.717) is 17.2 Å². The van der Waals surface area contributed by atoms with E-state index in [1.54, 1.807) is 14.0 Å². The van der Waals surface area contributed by atoms with Gasteiger partial charge in [0.2, 0.25) is 0 Å². The van der Waals surface area contributed by atoms with Gasteiger partial charge in [-0.25, -0.2) is 9.78 Å². The topological polar surface area (TPSA) is 99.2 Å². The predicted octanol–water partition coefficient (Wildman–Crippen LogP) is 1.08. The van der Waals surface area contributed by atoms with E-state index in [-0.39, 0.29) is 18.0 Å². The molecule has 2 aromatic rings. The fourth-order valence-corrected chi connectivity index (χ4v) is 1.72. The molecule has 0 bridgehead atoms. The molecule has 2 rings (SSSR count). The number of benzene rings is 1. The van der Waals surface area contributed by atoms with Gasteiger partial charge in [-0.15, -0.1) is 0 Å². The van der Waals surface area contributed by atoms with Crippen LogP contribution in [-0.2, 0) is 6.54 Å². The number of hydrogen-bond acceptors (Lipinski definition) is 4. The second-order valence-electron chi connectivity index (χ2n) is 4.38. The summed E-state index contributed by atoms with van der Waals surface area (Å²) in [4.78, 5) is 28.5. The van der Waals surface area contributed by atoms with Gasteiger partial charge in [-0.3, -0.25) is 9.89 Å². The first kappa shape index (κ1) is 13.7. The van der Waals surface area contributed by atoms with Crippen LogP contribution in [0.5, 0.6) is 0 Å². The summed E-state index contributed by atoms with van der Waals surface area (Å²) in [5, 5.41) is 15.5. The Morgan fingerprint density at radius 1 is 1.25 bits per heavy atom. The lowest BCUT2D eigenvalue weighted by Gasteiger charge is -2.15. The van der Waals surface area contributed by atoms with Crippen LogP contribution < -0.4 is 0 Å². The zero-order chi connectivity index (χ0) is 14.7. The number of aromatic carboxylic acids is 1. The van der Waals surface area contributed by atoms with Crippen molar-refractivity contribution >= 4 is 11.9 Å². The number of H-pyrrole nitrogens is 1. The van der Waals surface area contributed by atoms with Gasteiger partial charge < -0.3 is 10.0 Å². The van der Waals surface area contributed by atoms with E-state index in [4.69, 9.17) is 5.11 Å². The number of aromatic nitrogens is 3. The maximum Gasteiger partial charge on any atom is 0.335 e. The first-order chi connectivity index (χ1) is 9.47. The summed E-state index contributed by atoms with van der Waals surface area (Å²) in [7, 11) is 1.64. The Morgan fingerprint density at radius 2 is 1.85 bits per heavy atom. The zero-order valence-corrected chi connectivity index (χ0v) is 11.1. The van der Waals surface area contributed by atoms with Crippen molar-refractivity contribution in [3.63, 3.8) is 0 Å². The van der Waals surface area contributed by atoms with E-state index in [0.717, 1.165) is 0 Å². The van der Waals surface area contributed by atoms with Gasteiger partial charge in [-0.2, -0.15) is 5.10 Å². The van der Waals surface area contributed by atoms with Crippen molar-refractivity contribution in [2.24, 2.45) is 0 Å². The fraction of sp³-hybridized carbons (Fsp3) is 0.231. The number of aromatic amines is 1. The number of hydrogen-bond donors (Lipinski definition) is 2. The van der Waals surface area contributed by atoms with E-state index in [1.165, 1.54) is 29.2 Å². The molecule has 0 atom stereocenters. The van der Waals surface area contributed by atoms with Crippen LogP contribution in [0.4, 0.5) is 0 Å². The molecule has 104 valence electrons. The van der Waals surface area contributed by atoms with Crippen LogP contribution in [-0.4, -0.2) is 44.1 Å². The molecule has 1 amide bonds. The van der Waals surface area contributed by atoms with E-state index in [9.17, 15) is 9.59 Å². The Labute approximate surface area is 115 Å². The number of aryl methyl sites for hydroxylation is 1. The van der Waals surface area contributed by atoms with Crippen LogP contribution in [0.2, 0.25) is 0 Å². The van der Waals surface area contributed by atoms with Gasteiger partial charge in [-0.1, -0.05) is 0 Å². The second-order valence-corrected chi connectivity index (χ2v) is 4.38. The molecule has 20 heavy (non-hydrogen) atoms. The predicted molar refractivity (Wildman–Crippen MR) is 70.3 cm³/mol. The molecule has 0 unspecified atom stereocenters. The summed E-state index contributed by atoms with van der Waals surface area (Å²) in [6.07, 6.45) is 0. The summed E-state index contributed by atoms with van der Waals surface area (Å²) >= 11 is 0. The van der Waals surface area contributed by atoms with E-state index >= 15 is 0 Å². The van der Waals surface area contributed by atoms with Crippen molar-refractivity contribution in [1.29, 1.82) is 0 Å². The zero-order valence-electron chi connectivity index (χ0n) is 11.1. The first-order valence-corrected chi connectivity index (χ1v) is 5.94. The summed E-state index contributed by atoms with van der Waals surface area (Å²) < 4.78 is 0. The van der Waals surface area contributed by atoms with Crippen molar-refractivity contribution in [1.82, 2.24) is 20.1 Å². The molecule has 0 saturated carbocycles. The summed E-state index contributed by atoms with van der Waals surface area (Å²) in [6.45, 7) is 2.06. The molecule has 1 heterocycles. The number of carboxylic acid groups (broad SMARTS) is 1. The summed E-state index contributed by atoms with van der Waals surface area (Å²) in [6, 6.07) is 5.79. The van der Waals surface area contributed by atoms with Gasteiger partial charge in [-0.05, 0) is 31.2 Å². The maximum atomic E-state index is 12.1. The van der Waals surface area contributed by atoms with Crippen molar-refractivity contribution in [2.75, 3.05) is 7.05 Å². The molecule has 2 N–H and O–H groups in total. The van der Waals surface area contributed by atoms with Gasteiger partial charge in [0, 0.05) is 12.6 Å². The molecule has 0 radical (unpaired) electrons. The largest absolute Gasteiger partial charge is 0.478 e. The molecule has 1 aromatic heterocycles. The van der Waals surface area contributed by atoms with Crippen molar-refractivity contribution < 1.29 is 14.7 Å². The minimum absolute atomic E-state index is 0.147. The lowest BCUT2D eigenvalue weighted by Crippen LogP contribution is -2.26. The van der Waals surface area contributed by atoms with Gasteiger partial charge in [0.15, 0.2) is 5.82 Å². The minimum atomic E-state index is -1.02. The van der Waals surface area contributed by atoms with Crippen LogP contribution in [0.25, 0.3) is 0 Å². The lowest BCUT2D eigenvalue weighted by molar-refractivity contribution is 0.0695. The Balaban J connectivity index is 2.08.